The number of rotatable bonds is 6. The minimum absolute atomic E-state index is 0.138. The minimum atomic E-state index is -0.277. The van der Waals surface area contributed by atoms with Crippen LogP contribution in [0.5, 0.6) is 0 Å². The predicted molar refractivity (Wildman–Crippen MR) is 129 cm³/mol. The van der Waals surface area contributed by atoms with E-state index in [4.69, 9.17) is 0 Å². The zero-order chi connectivity index (χ0) is 22.7. The molecular weight excluding hydrogens is 418 g/mol. The average molecular weight is 444 g/mol. The molecule has 1 aromatic carbocycles. The van der Waals surface area contributed by atoms with Gasteiger partial charge in [-0.25, -0.2) is 9.97 Å². The van der Waals surface area contributed by atoms with Crippen LogP contribution in [-0.4, -0.2) is 20.9 Å². The molecule has 0 spiro atoms. The molecule has 2 N–H and O–H groups in total. The van der Waals surface area contributed by atoms with Crippen LogP contribution >= 0.6 is 11.3 Å². The van der Waals surface area contributed by atoms with Crippen LogP contribution in [0.2, 0.25) is 0 Å². The molecule has 0 aliphatic heterocycles. The lowest BCUT2D eigenvalue weighted by molar-refractivity contribution is 0.102. The van der Waals surface area contributed by atoms with Gasteiger partial charge in [0.05, 0.1) is 6.04 Å². The Morgan fingerprint density at radius 3 is 2.34 bits per heavy atom. The molecule has 0 saturated heterocycles. The Bertz CT molecular complexity index is 1220. The Kier molecular flexibility index (Phi) is 6.28. The van der Waals surface area contributed by atoms with Crippen LogP contribution in [0, 0.1) is 27.7 Å². The van der Waals surface area contributed by atoms with E-state index in [1.807, 2.05) is 68.6 Å². The third-order valence-electron chi connectivity index (χ3n) is 5.26. The number of thiophene rings is 1. The number of nitrogens with zero attached hydrogens (tertiary/aromatic N) is 3. The fourth-order valence-corrected chi connectivity index (χ4v) is 4.73. The number of nitrogens with one attached hydrogen (secondary N) is 2. The van der Waals surface area contributed by atoms with Gasteiger partial charge in [0.15, 0.2) is 0 Å². The second-order valence-corrected chi connectivity index (χ2v) is 8.91. The highest BCUT2D eigenvalue weighted by molar-refractivity contribution is 7.16. The number of anilines is 2. The smallest absolute Gasteiger partial charge is 0.256 e. The van der Waals surface area contributed by atoms with E-state index in [-0.39, 0.29) is 11.9 Å². The summed E-state index contributed by atoms with van der Waals surface area (Å²) < 4.78 is 0. The maximum Gasteiger partial charge on any atom is 0.256 e. The second kappa shape index (κ2) is 9.28. The molecule has 3 aromatic heterocycles. The summed E-state index contributed by atoms with van der Waals surface area (Å²) >= 11 is 1.57. The van der Waals surface area contributed by atoms with Gasteiger partial charge >= 0.3 is 0 Å². The van der Waals surface area contributed by atoms with Crippen molar-refractivity contribution in [3.05, 3.63) is 99.4 Å². The number of carbonyl (C=O) groups is 1. The van der Waals surface area contributed by atoms with E-state index in [9.17, 15) is 4.79 Å². The summed E-state index contributed by atoms with van der Waals surface area (Å²) in [6.45, 7) is 8.04. The van der Waals surface area contributed by atoms with Crippen molar-refractivity contribution >= 4 is 28.2 Å². The summed E-state index contributed by atoms with van der Waals surface area (Å²) in [5.41, 5.74) is 5.47. The van der Waals surface area contributed by atoms with Crippen molar-refractivity contribution in [3.63, 3.8) is 0 Å². The van der Waals surface area contributed by atoms with Gasteiger partial charge in [-0.15, -0.1) is 11.3 Å². The Morgan fingerprint density at radius 2 is 1.69 bits per heavy atom. The maximum atomic E-state index is 12.9. The summed E-state index contributed by atoms with van der Waals surface area (Å²) in [6, 6.07) is 14.8. The van der Waals surface area contributed by atoms with Gasteiger partial charge in [0.2, 0.25) is 5.95 Å². The Morgan fingerprint density at radius 1 is 0.969 bits per heavy atom. The van der Waals surface area contributed by atoms with E-state index in [2.05, 4.69) is 39.4 Å². The molecule has 0 radical (unpaired) electrons. The molecule has 4 rings (SSSR count). The molecule has 0 saturated carbocycles. The summed E-state index contributed by atoms with van der Waals surface area (Å²) in [6.07, 6.45) is 3.58. The van der Waals surface area contributed by atoms with Crippen molar-refractivity contribution in [1.29, 1.82) is 0 Å². The van der Waals surface area contributed by atoms with Crippen LogP contribution in [0.4, 0.5) is 10.9 Å². The van der Waals surface area contributed by atoms with E-state index in [0.717, 1.165) is 38.0 Å². The highest BCUT2D eigenvalue weighted by atomic mass is 32.1. The fourth-order valence-electron chi connectivity index (χ4n) is 3.64. The van der Waals surface area contributed by atoms with Gasteiger partial charge in [0.1, 0.15) is 5.00 Å². The van der Waals surface area contributed by atoms with Crippen molar-refractivity contribution in [2.45, 2.75) is 33.7 Å². The number of hydrogen-bond acceptors (Lipinski definition) is 6. The van der Waals surface area contributed by atoms with Crippen LogP contribution < -0.4 is 10.6 Å². The summed E-state index contributed by atoms with van der Waals surface area (Å²) in [4.78, 5) is 27.5. The van der Waals surface area contributed by atoms with E-state index < -0.39 is 0 Å². The van der Waals surface area contributed by atoms with Crippen LogP contribution in [0.25, 0.3) is 0 Å². The van der Waals surface area contributed by atoms with Crippen LogP contribution in [0.15, 0.2) is 60.9 Å². The standard InChI is InChI=1S/C25H25N5OS/c1-15-13-16(2)28-25(27-15)29-22(20-11-8-12-26-14-20)21-17(3)18(4)32-24(21)30-23(31)19-9-6-5-7-10-19/h5-14,22H,1-4H3,(H,30,31)(H,27,28,29). The van der Waals surface area contributed by atoms with Crippen molar-refractivity contribution in [3.8, 4) is 0 Å². The Labute approximate surface area is 191 Å². The molecule has 32 heavy (non-hydrogen) atoms. The average Bonchev–Trinajstić information content (AvgIpc) is 3.05. The lowest BCUT2D eigenvalue weighted by Crippen LogP contribution is -2.19. The summed E-state index contributed by atoms with van der Waals surface area (Å²) in [5.74, 6) is 0.403. The number of aromatic nitrogens is 3. The van der Waals surface area contributed by atoms with Gasteiger partial charge in [-0.2, -0.15) is 0 Å². The van der Waals surface area contributed by atoms with Crippen molar-refractivity contribution in [2.24, 2.45) is 0 Å². The Balaban J connectivity index is 1.78. The maximum absolute atomic E-state index is 12.9. The monoisotopic (exact) mass is 443 g/mol. The SMILES string of the molecule is Cc1cc(C)nc(NC(c2cccnc2)c2c(NC(=O)c3ccccc3)sc(C)c2C)n1. The first-order valence-corrected chi connectivity index (χ1v) is 11.2. The molecule has 1 atom stereocenters. The highest BCUT2D eigenvalue weighted by Crippen LogP contribution is 2.40. The Hall–Kier alpha value is -3.58. The second-order valence-electron chi connectivity index (χ2n) is 7.68. The van der Waals surface area contributed by atoms with Gasteiger partial charge in [0.25, 0.3) is 5.91 Å². The number of aryl methyl sites for hydroxylation is 3. The lowest BCUT2D eigenvalue weighted by Gasteiger charge is -2.22. The molecule has 162 valence electrons. The van der Waals surface area contributed by atoms with E-state index in [0.29, 0.717) is 11.5 Å². The molecule has 6 nitrogen and oxygen atoms in total. The van der Waals surface area contributed by atoms with E-state index in [1.165, 1.54) is 0 Å². The normalized spacial score (nSPS) is 11.8. The van der Waals surface area contributed by atoms with Gasteiger partial charge in [-0.1, -0.05) is 24.3 Å². The molecule has 3 heterocycles. The molecule has 0 fully saturated rings. The minimum Gasteiger partial charge on any atom is -0.343 e. The molecule has 4 aromatic rings. The van der Waals surface area contributed by atoms with E-state index in [1.54, 1.807) is 17.5 Å². The van der Waals surface area contributed by atoms with Crippen LogP contribution in [0.1, 0.15) is 49.4 Å². The lowest BCUT2D eigenvalue weighted by atomic mass is 9.97. The van der Waals surface area contributed by atoms with Gasteiger partial charge < -0.3 is 10.6 Å². The predicted octanol–water partition coefficient (Wildman–Crippen LogP) is 5.62. The summed E-state index contributed by atoms with van der Waals surface area (Å²) in [5, 5.41) is 7.42. The first kappa shape index (κ1) is 21.6. The molecule has 1 amide bonds. The largest absolute Gasteiger partial charge is 0.343 e. The van der Waals surface area contributed by atoms with Gasteiger partial charge in [-0.05, 0) is 63.1 Å². The molecule has 0 aliphatic carbocycles. The third-order valence-corrected chi connectivity index (χ3v) is 6.40. The number of benzene rings is 1. The zero-order valence-electron chi connectivity index (χ0n) is 18.5. The quantitative estimate of drug-likeness (QED) is 0.404. The van der Waals surface area contributed by atoms with Crippen molar-refractivity contribution in [2.75, 3.05) is 10.6 Å². The van der Waals surface area contributed by atoms with Crippen molar-refractivity contribution in [1.82, 2.24) is 15.0 Å². The highest BCUT2D eigenvalue weighted by Gasteiger charge is 2.26. The third kappa shape index (κ3) is 4.68. The fraction of sp³-hybridized carbons (Fsp3) is 0.200. The first-order valence-electron chi connectivity index (χ1n) is 10.4. The molecular formula is C25H25N5OS. The molecule has 1 unspecified atom stereocenters. The van der Waals surface area contributed by atoms with Gasteiger partial charge in [0, 0.05) is 39.8 Å². The number of pyridine rings is 1. The van der Waals surface area contributed by atoms with E-state index >= 15 is 0 Å². The van der Waals surface area contributed by atoms with Gasteiger partial charge in [-0.3, -0.25) is 9.78 Å². The first-order chi connectivity index (χ1) is 15.4. The molecule has 0 aliphatic rings. The van der Waals surface area contributed by atoms with Crippen molar-refractivity contribution < 1.29 is 4.79 Å². The zero-order valence-corrected chi connectivity index (χ0v) is 19.3. The number of hydrogen-bond donors (Lipinski definition) is 2. The van der Waals surface area contributed by atoms with Crippen LogP contribution in [0.3, 0.4) is 0 Å². The summed E-state index contributed by atoms with van der Waals surface area (Å²) in [7, 11) is 0. The van der Waals surface area contributed by atoms with Crippen LogP contribution in [-0.2, 0) is 0 Å². The molecule has 0 bridgehead atoms. The topological polar surface area (TPSA) is 79.8 Å². The molecule has 7 heteroatoms. The number of amides is 1. The number of carbonyl (C=O) groups excluding carboxylic acids is 1.